The first-order valence-corrected chi connectivity index (χ1v) is 5.09. The van der Waals surface area contributed by atoms with Crippen molar-refractivity contribution in [1.82, 2.24) is 5.32 Å². The Balaban J connectivity index is 2.63. The SMILES string of the molecule is CNC(=O)COc1ccc(Cl)cc1Br. The van der Waals surface area contributed by atoms with Gasteiger partial charge in [-0.05, 0) is 34.1 Å². The van der Waals surface area contributed by atoms with Crippen LogP contribution >= 0.6 is 27.5 Å². The molecule has 0 saturated carbocycles. The maximum absolute atomic E-state index is 10.9. The second-order valence-corrected chi connectivity index (χ2v) is 3.83. The summed E-state index contributed by atoms with van der Waals surface area (Å²) in [7, 11) is 1.56. The predicted molar refractivity (Wildman–Crippen MR) is 58.7 cm³/mol. The quantitative estimate of drug-likeness (QED) is 0.921. The molecule has 0 spiro atoms. The van der Waals surface area contributed by atoms with E-state index in [0.29, 0.717) is 10.8 Å². The van der Waals surface area contributed by atoms with Crippen molar-refractivity contribution in [2.45, 2.75) is 0 Å². The summed E-state index contributed by atoms with van der Waals surface area (Å²) in [6.45, 7) is -0.00324. The summed E-state index contributed by atoms with van der Waals surface area (Å²) in [6.07, 6.45) is 0. The van der Waals surface area contributed by atoms with Gasteiger partial charge in [0.25, 0.3) is 5.91 Å². The Morgan fingerprint density at radius 2 is 2.36 bits per heavy atom. The van der Waals surface area contributed by atoms with E-state index in [9.17, 15) is 4.79 Å². The molecular weight excluding hydrogens is 269 g/mol. The zero-order chi connectivity index (χ0) is 10.6. The number of hydrogen-bond donors (Lipinski definition) is 1. The molecule has 0 aliphatic rings. The van der Waals surface area contributed by atoms with E-state index in [4.69, 9.17) is 16.3 Å². The van der Waals surface area contributed by atoms with Gasteiger partial charge in [-0.3, -0.25) is 4.79 Å². The topological polar surface area (TPSA) is 38.3 Å². The molecule has 0 fully saturated rings. The number of carbonyl (C=O) groups is 1. The van der Waals surface area contributed by atoms with Gasteiger partial charge in [0.15, 0.2) is 6.61 Å². The lowest BCUT2D eigenvalue weighted by Gasteiger charge is -2.06. The summed E-state index contributed by atoms with van der Waals surface area (Å²) in [5, 5.41) is 3.08. The first-order chi connectivity index (χ1) is 6.63. The van der Waals surface area contributed by atoms with Gasteiger partial charge in [-0.1, -0.05) is 11.6 Å². The second-order valence-electron chi connectivity index (χ2n) is 2.54. The lowest BCUT2D eigenvalue weighted by atomic mass is 10.3. The van der Waals surface area contributed by atoms with E-state index in [1.165, 1.54) is 0 Å². The highest BCUT2D eigenvalue weighted by Crippen LogP contribution is 2.27. The highest BCUT2D eigenvalue weighted by atomic mass is 79.9. The highest BCUT2D eigenvalue weighted by Gasteiger charge is 2.04. The van der Waals surface area contributed by atoms with Crippen LogP contribution in [0, 0.1) is 0 Å². The number of ether oxygens (including phenoxy) is 1. The van der Waals surface area contributed by atoms with Gasteiger partial charge in [-0.15, -0.1) is 0 Å². The summed E-state index contributed by atoms with van der Waals surface area (Å²) in [5.74, 6) is 0.421. The van der Waals surface area contributed by atoms with Gasteiger partial charge in [-0.2, -0.15) is 0 Å². The Morgan fingerprint density at radius 3 is 2.93 bits per heavy atom. The van der Waals surface area contributed by atoms with Crippen LogP contribution in [0.5, 0.6) is 5.75 Å². The number of likely N-dealkylation sites (N-methyl/N-ethyl adjacent to an activating group) is 1. The van der Waals surface area contributed by atoms with Gasteiger partial charge in [0.1, 0.15) is 5.75 Å². The molecule has 0 bridgehead atoms. The minimum Gasteiger partial charge on any atom is -0.483 e. The summed E-state index contributed by atoms with van der Waals surface area (Å²) >= 11 is 9.02. The van der Waals surface area contributed by atoms with Crippen LogP contribution in [-0.4, -0.2) is 19.6 Å². The summed E-state index contributed by atoms with van der Waals surface area (Å²) in [6, 6.07) is 5.11. The van der Waals surface area contributed by atoms with Crippen LogP contribution < -0.4 is 10.1 Å². The highest BCUT2D eigenvalue weighted by molar-refractivity contribution is 9.10. The molecule has 0 aliphatic heterocycles. The molecule has 1 aromatic carbocycles. The normalized spacial score (nSPS) is 9.64. The molecule has 3 nitrogen and oxygen atoms in total. The molecule has 14 heavy (non-hydrogen) atoms. The van der Waals surface area contributed by atoms with Crippen LogP contribution in [0.4, 0.5) is 0 Å². The van der Waals surface area contributed by atoms with Gasteiger partial charge < -0.3 is 10.1 Å². The number of hydrogen-bond acceptors (Lipinski definition) is 2. The van der Waals surface area contributed by atoms with E-state index in [1.807, 2.05) is 0 Å². The standard InChI is InChI=1S/C9H9BrClNO2/c1-12-9(13)5-14-8-3-2-6(11)4-7(8)10/h2-4H,5H2,1H3,(H,12,13). The average molecular weight is 279 g/mol. The Morgan fingerprint density at radius 1 is 1.64 bits per heavy atom. The van der Waals surface area contributed by atoms with Crippen LogP contribution in [0.2, 0.25) is 5.02 Å². The van der Waals surface area contributed by atoms with Crippen LogP contribution in [0.1, 0.15) is 0 Å². The third kappa shape index (κ3) is 3.20. The lowest BCUT2D eigenvalue weighted by Crippen LogP contribution is -2.24. The number of carbonyl (C=O) groups excluding carboxylic acids is 1. The van der Waals surface area contributed by atoms with Crippen molar-refractivity contribution in [3.63, 3.8) is 0 Å². The fraction of sp³-hybridized carbons (Fsp3) is 0.222. The van der Waals surface area contributed by atoms with Crippen LogP contribution in [0.3, 0.4) is 0 Å². The van der Waals surface area contributed by atoms with Crippen LogP contribution in [0.15, 0.2) is 22.7 Å². The van der Waals surface area contributed by atoms with Crippen LogP contribution in [0.25, 0.3) is 0 Å². The predicted octanol–water partition coefficient (Wildman–Crippen LogP) is 2.23. The third-order valence-electron chi connectivity index (χ3n) is 1.53. The summed E-state index contributed by atoms with van der Waals surface area (Å²) in [4.78, 5) is 10.9. The second kappa shape index (κ2) is 5.22. The Bertz CT molecular complexity index is 344. The van der Waals surface area contributed by atoms with Gasteiger partial charge in [0.2, 0.25) is 0 Å². The fourth-order valence-electron chi connectivity index (χ4n) is 0.808. The van der Waals surface area contributed by atoms with Gasteiger partial charge >= 0.3 is 0 Å². The molecular formula is C9H9BrClNO2. The number of rotatable bonds is 3. The van der Waals surface area contributed by atoms with Crippen molar-refractivity contribution in [1.29, 1.82) is 0 Å². The van der Waals surface area contributed by atoms with E-state index in [-0.39, 0.29) is 12.5 Å². The van der Waals surface area contributed by atoms with Gasteiger partial charge in [0, 0.05) is 12.1 Å². The van der Waals surface area contributed by atoms with E-state index in [1.54, 1.807) is 25.2 Å². The Labute approximate surface area is 95.5 Å². The Hall–Kier alpha value is -0.740. The molecule has 0 heterocycles. The fourth-order valence-corrected chi connectivity index (χ4v) is 1.60. The maximum atomic E-state index is 10.9. The summed E-state index contributed by atoms with van der Waals surface area (Å²) in [5.41, 5.74) is 0. The average Bonchev–Trinajstić information content (AvgIpc) is 2.16. The van der Waals surface area contributed by atoms with E-state index < -0.39 is 0 Å². The zero-order valence-electron chi connectivity index (χ0n) is 7.51. The summed E-state index contributed by atoms with van der Waals surface area (Å²) < 4.78 is 5.96. The van der Waals surface area contributed by atoms with Crippen molar-refractivity contribution in [3.05, 3.63) is 27.7 Å². The molecule has 5 heteroatoms. The maximum Gasteiger partial charge on any atom is 0.257 e. The van der Waals surface area contributed by atoms with Crippen LogP contribution in [-0.2, 0) is 4.79 Å². The lowest BCUT2D eigenvalue weighted by molar-refractivity contribution is -0.122. The molecule has 1 aromatic rings. The molecule has 0 unspecified atom stereocenters. The molecule has 1 N–H and O–H groups in total. The third-order valence-corrected chi connectivity index (χ3v) is 2.39. The first kappa shape index (κ1) is 11.3. The van der Waals surface area contributed by atoms with Crippen molar-refractivity contribution in [2.75, 3.05) is 13.7 Å². The Kier molecular flexibility index (Phi) is 4.22. The number of benzene rings is 1. The minimum atomic E-state index is -0.174. The zero-order valence-corrected chi connectivity index (χ0v) is 9.85. The first-order valence-electron chi connectivity index (χ1n) is 3.92. The number of halogens is 2. The molecule has 0 aromatic heterocycles. The van der Waals surface area contributed by atoms with Crippen molar-refractivity contribution in [2.24, 2.45) is 0 Å². The molecule has 1 rings (SSSR count). The molecule has 0 saturated heterocycles. The van der Waals surface area contributed by atoms with E-state index in [0.717, 1.165) is 4.47 Å². The van der Waals surface area contributed by atoms with Crippen molar-refractivity contribution < 1.29 is 9.53 Å². The minimum absolute atomic E-state index is 0.00324. The smallest absolute Gasteiger partial charge is 0.257 e. The van der Waals surface area contributed by atoms with E-state index in [2.05, 4.69) is 21.2 Å². The molecule has 0 atom stereocenters. The van der Waals surface area contributed by atoms with Gasteiger partial charge in [-0.25, -0.2) is 0 Å². The molecule has 1 amide bonds. The molecule has 0 aliphatic carbocycles. The largest absolute Gasteiger partial charge is 0.483 e. The monoisotopic (exact) mass is 277 g/mol. The van der Waals surface area contributed by atoms with E-state index >= 15 is 0 Å². The number of amides is 1. The van der Waals surface area contributed by atoms with Crippen molar-refractivity contribution in [3.8, 4) is 5.75 Å². The molecule has 76 valence electrons. The molecule has 0 radical (unpaired) electrons. The number of nitrogens with one attached hydrogen (secondary N) is 1. The van der Waals surface area contributed by atoms with Gasteiger partial charge in [0.05, 0.1) is 4.47 Å². The van der Waals surface area contributed by atoms with Crippen molar-refractivity contribution >= 4 is 33.4 Å².